The molecule has 0 radical (unpaired) electrons. The molecule has 3 aromatic rings. The fourth-order valence-electron chi connectivity index (χ4n) is 3.35. The number of thiophene rings is 1. The predicted octanol–water partition coefficient (Wildman–Crippen LogP) is 4.35. The molecule has 1 aliphatic rings. The number of halogens is 1. The third kappa shape index (κ3) is 3.84. The molecule has 0 spiro atoms. The number of benzene rings is 1. The van der Waals surface area contributed by atoms with Crippen molar-refractivity contribution in [3.8, 4) is 5.00 Å². The first-order valence-electron chi connectivity index (χ1n) is 9.12. The van der Waals surface area contributed by atoms with Crippen molar-refractivity contribution in [2.24, 2.45) is 0 Å². The molecule has 7 heteroatoms. The normalized spacial score (nSPS) is 13.0. The first-order valence-corrected chi connectivity index (χ1v) is 9.94. The third-order valence-electron chi connectivity index (χ3n) is 4.66. The maximum Gasteiger partial charge on any atom is 0.341 e. The van der Waals surface area contributed by atoms with Crippen LogP contribution >= 0.6 is 11.3 Å². The van der Waals surface area contributed by atoms with Gasteiger partial charge in [-0.2, -0.15) is 0 Å². The predicted molar refractivity (Wildman–Crippen MR) is 106 cm³/mol. The van der Waals surface area contributed by atoms with E-state index in [1.54, 1.807) is 11.3 Å². The maximum atomic E-state index is 12.9. The molecule has 1 aliphatic carbocycles. The Hall–Kier alpha value is -2.93. The minimum Gasteiger partial charge on any atom is -0.452 e. The summed E-state index contributed by atoms with van der Waals surface area (Å²) in [6.45, 7) is -0.397. The van der Waals surface area contributed by atoms with Crippen molar-refractivity contribution < 1.29 is 18.7 Å². The molecular formula is C21H19FN2O3S. The summed E-state index contributed by atoms with van der Waals surface area (Å²) in [7, 11) is 0. The topological polar surface area (TPSA) is 60.3 Å². The van der Waals surface area contributed by atoms with Crippen LogP contribution in [-0.2, 0) is 22.4 Å². The van der Waals surface area contributed by atoms with Crippen molar-refractivity contribution in [1.82, 2.24) is 4.57 Å². The Balaban J connectivity index is 1.49. The number of nitrogens with one attached hydrogen (secondary N) is 1. The smallest absolute Gasteiger partial charge is 0.341 e. The van der Waals surface area contributed by atoms with Gasteiger partial charge >= 0.3 is 5.97 Å². The van der Waals surface area contributed by atoms with Gasteiger partial charge in [-0.15, -0.1) is 11.3 Å². The Morgan fingerprint density at radius 1 is 1.11 bits per heavy atom. The second-order valence-corrected chi connectivity index (χ2v) is 7.70. The Labute approximate surface area is 165 Å². The van der Waals surface area contributed by atoms with E-state index in [9.17, 15) is 14.0 Å². The molecule has 0 fully saturated rings. The zero-order valence-corrected chi connectivity index (χ0v) is 15.9. The highest BCUT2D eigenvalue weighted by Gasteiger charge is 2.27. The molecule has 4 rings (SSSR count). The van der Waals surface area contributed by atoms with Crippen molar-refractivity contribution in [3.63, 3.8) is 0 Å². The molecule has 0 aliphatic heterocycles. The van der Waals surface area contributed by atoms with Crippen molar-refractivity contribution in [3.05, 3.63) is 70.6 Å². The molecule has 28 heavy (non-hydrogen) atoms. The van der Waals surface area contributed by atoms with E-state index in [4.69, 9.17) is 4.74 Å². The van der Waals surface area contributed by atoms with E-state index in [-0.39, 0.29) is 5.82 Å². The quantitative estimate of drug-likeness (QED) is 0.650. The number of rotatable bonds is 5. The summed E-state index contributed by atoms with van der Waals surface area (Å²) in [5.41, 5.74) is 2.05. The highest BCUT2D eigenvalue weighted by atomic mass is 32.1. The number of hydrogen-bond acceptors (Lipinski definition) is 4. The van der Waals surface area contributed by atoms with Crippen LogP contribution in [0.2, 0.25) is 0 Å². The molecule has 1 aromatic carbocycles. The number of hydrogen-bond donors (Lipinski definition) is 1. The molecule has 1 amide bonds. The van der Waals surface area contributed by atoms with Gasteiger partial charge in [-0.25, -0.2) is 9.18 Å². The number of nitrogens with zero attached hydrogens (tertiary/aromatic N) is 1. The van der Waals surface area contributed by atoms with Crippen molar-refractivity contribution >= 4 is 28.9 Å². The lowest BCUT2D eigenvalue weighted by molar-refractivity contribution is -0.119. The molecular weight excluding hydrogens is 379 g/mol. The Kier molecular flexibility index (Phi) is 5.25. The van der Waals surface area contributed by atoms with Gasteiger partial charge in [-0.05, 0) is 67.6 Å². The van der Waals surface area contributed by atoms with Gasteiger partial charge in [-0.3, -0.25) is 4.79 Å². The van der Waals surface area contributed by atoms with Gasteiger partial charge in [0.25, 0.3) is 5.91 Å². The highest BCUT2D eigenvalue weighted by Crippen LogP contribution is 2.37. The first kappa shape index (κ1) is 18.4. The molecule has 2 aromatic heterocycles. The number of ether oxygens (including phenoxy) is 1. The van der Waals surface area contributed by atoms with Gasteiger partial charge in [0.05, 0.1) is 5.56 Å². The number of esters is 1. The maximum absolute atomic E-state index is 12.9. The molecule has 0 atom stereocenters. The van der Waals surface area contributed by atoms with Crippen LogP contribution in [0.1, 0.15) is 33.6 Å². The second-order valence-electron chi connectivity index (χ2n) is 6.61. The van der Waals surface area contributed by atoms with Crippen LogP contribution in [0.25, 0.3) is 5.00 Å². The van der Waals surface area contributed by atoms with Crippen LogP contribution in [0.4, 0.5) is 10.1 Å². The summed E-state index contributed by atoms with van der Waals surface area (Å²) in [6.07, 6.45) is 7.77. The third-order valence-corrected chi connectivity index (χ3v) is 5.96. The van der Waals surface area contributed by atoms with Crippen molar-refractivity contribution in [2.45, 2.75) is 25.7 Å². The first-order chi connectivity index (χ1) is 13.6. The largest absolute Gasteiger partial charge is 0.452 e. The lowest BCUT2D eigenvalue weighted by Crippen LogP contribution is -2.22. The van der Waals surface area contributed by atoms with Crippen molar-refractivity contribution in [1.29, 1.82) is 0 Å². The molecule has 5 nitrogen and oxygen atoms in total. The van der Waals surface area contributed by atoms with E-state index in [0.717, 1.165) is 36.2 Å². The van der Waals surface area contributed by atoms with Crippen LogP contribution in [0.3, 0.4) is 0 Å². The number of carbonyl (C=O) groups is 2. The van der Waals surface area contributed by atoms with Crippen LogP contribution in [0, 0.1) is 5.82 Å². The summed E-state index contributed by atoms with van der Waals surface area (Å²) in [4.78, 5) is 26.1. The second kappa shape index (κ2) is 7.98. The fourth-order valence-corrected chi connectivity index (χ4v) is 4.69. The van der Waals surface area contributed by atoms with Crippen LogP contribution in [0.5, 0.6) is 0 Å². The van der Waals surface area contributed by atoms with Gasteiger partial charge in [0.15, 0.2) is 6.61 Å². The average Bonchev–Trinajstić information content (AvgIpc) is 3.35. The molecule has 2 heterocycles. The van der Waals surface area contributed by atoms with Crippen LogP contribution in [-0.4, -0.2) is 23.1 Å². The van der Waals surface area contributed by atoms with Gasteiger partial charge in [0.1, 0.15) is 10.8 Å². The van der Waals surface area contributed by atoms with Crippen molar-refractivity contribution in [2.75, 3.05) is 11.9 Å². The Bertz CT molecular complexity index is 994. The summed E-state index contributed by atoms with van der Waals surface area (Å²) in [5.74, 6) is -1.34. The molecule has 0 saturated carbocycles. The standard InChI is InChI=1S/C21H19FN2O3S/c22-14-7-9-15(10-8-14)23-18(25)13-27-21(26)19-16-5-1-2-6-17(16)28-20(19)24-11-3-4-12-24/h3-4,7-12H,1-2,5-6,13H2,(H,23,25). The minimum atomic E-state index is -0.489. The van der Waals surface area contributed by atoms with E-state index in [1.807, 2.05) is 29.1 Å². The van der Waals surface area contributed by atoms with E-state index < -0.39 is 18.5 Å². The van der Waals surface area contributed by atoms with Gasteiger partial charge < -0.3 is 14.6 Å². The summed E-state index contributed by atoms with van der Waals surface area (Å²) in [5, 5.41) is 3.42. The molecule has 0 bridgehead atoms. The zero-order valence-electron chi connectivity index (χ0n) is 15.1. The number of aromatic nitrogens is 1. The number of fused-ring (bicyclic) bond motifs is 1. The SMILES string of the molecule is O=C(COC(=O)c1c(-n2cccc2)sc2c1CCCC2)Nc1ccc(F)cc1. The number of aryl methyl sites for hydroxylation is 1. The van der Waals surface area contributed by atoms with Gasteiger partial charge in [0.2, 0.25) is 0 Å². The summed E-state index contributed by atoms with van der Waals surface area (Å²) in [6, 6.07) is 9.22. The Morgan fingerprint density at radius 3 is 2.57 bits per heavy atom. The number of amides is 1. The molecule has 1 N–H and O–H groups in total. The molecule has 0 saturated heterocycles. The van der Waals surface area contributed by atoms with Crippen LogP contribution in [0.15, 0.2) is 48.8 Å². The number of carbonyl (C=O) groups excluding carboxylic acids is 2. The van der Waals surface area contributed by atoms with E-state index in [1.165, 1.54) is 29.1 Å². The summed E-state index contributed by atoms with van der Waals surface area (Å²) >= 11 is 1.61. The average molecular weight is 398 g/mol. The van der Waals surface area contributed by atoms with E-state index >= 15 is 0 Å². The molecule has 0 unspecified atom stereocenters. The zero-order chi connectivity index (χ0) is 19.5. The molecule has 144 valence electrons. The van der Waals surface area contributed by atoms with E-state index in [0.29, 0.717) is 11.3 Å². The van der Waals surface area contributed by atoms with Gasteiger partial charge in [-0.1, -0.05) is 0 Å². The van der Waals surface area contributed by atoms with E-state index in [2.05, 4.69) is 5.32 Å². The lowest BCUT2D eigenvalue weighted by atomic mass is 9.95. The monoisotopic (exact) mass is 398 g/mol. The highest BCUT2D eigenvalue weighted by molar-refractivity contribution is 7.15. The minimum absolute atomic E-state index is 0.385. The lowest BCUT2D eigenvalue weighted by Gasteiger charge is -2.13. The van der Waals surface area contributed by atoms with Crippen LogP contribution < -0.4 is 5.32 Å². The van der Waals surface area contributed by atoms with Gasteiger partial charge in [0, 0.05) is 23.0 Å². The fraction of sp³-hybridized carbons (Fsp3) is 0.238. The number of anilines is 1. The Morgan fingerprint density at radius 2 is 1.82 bits per heavy atom. The summed E-state index contributed by atoms with van der Waals surface area (Å²) < 4.78 is 20.2.